The van der Waals surface area contributed by atoms with Crippen LogP contribution >= 0.6 is 0 Å². The Balaban J connectivity index is 0.000000606. The van der Waals surface area contributed by atoms with Crippen molar-refractivity contribution in [3.8, 4) is 5.75 Å². The highest BCUT2D eigenvalue weighted by Crippen LogP contribution is 2.21. The van der Waals surface area contributed by atoms with Gasteiger partial charge in [-0.3, -0.25) is 0 Å². The van der Waals surface area contributed by atoms with Gasteiger partial charge in [-0.05, 0) is 31.6 Å². The molecule has 0 amide bonds. The number of allylic oxidation sites excluding steroid dienone is 4. The molecular formula is C15H20O. The predicted octanol–water partition coefficient (Wildman–Crippen LogP) is 4.72. The zero-order valence-corrected chi connectivity index (χ0v) is 10.4. The van der Waals surface area contributed by atoms with Crippen molar-refractivity contribution in [1.82, 2.24) is 0 Å². The van der Waals surface area contributed by atoms with Gasteiger partial charge < -0.3 is 4.74 Å². The number of hydrogen-bond acceptors (Lipinski definition) is 1. The first-order valence-electron chi connectivity index (χ1n) is 5.94. The molecule has 0 radical (unpaired) electrons. The maximum atomic E-state index is 5.72. The van der Waals surface area contributed by atoms with Crippen molar-refractivity contribution in [3.05, 3.63) is 53.8 Å². The smallest absolute Gasteiger partial charge is 0.126 e. The van der Waals surface area contributed by atoms with Crippen LogP contribution in [0.4, 0.5) is 0 Å². The molecule has 0 saturated heterocycles. The molecule has 0 aliphatic heterocycles. The Kier molecular flexibility index (Phi) is 5.41. The van der Waals surface area contributed by atoms with Gasteiger partial charge >= 0.3 is 0 Å². The van der Waals surface area contributed by atoms with E-state index in [1.54, 1.807) is 0 Å². The van der Waals surface area contributed by atoms with Gasteiger partial charge in [-0.25, -0.2) is 0 Å². The monoisotopic (exact) mass is 216 g/mol. The largest absolute Gasteiger partial charge is 0.462 e. The molecule has 16 heavy (non-hydrogen) atoms. The van der Waals surface area contributed by atoms with Crippen molar-refractivity contribution < 1.29 is 4.74 Å². The standard InChI is InChI=1S/C13H14O.C2H6/c1-11-7-9-13(10-8-11)14-12-5-3-2-4-6-12;1-2/h2-7,9H,8,10H2,1H3;1-2H3. The summed E-state index contributed by atoms with van der Waals surface area (Å²) >= 11 is 0. The molecule has 0 aromatic heterocycles. The third-order valence-electron chi connectivity index (χ3n) is 2.31. The lowest BCUT2D eigenvalue weighted by atomic mass is 10.1. The molecule has 0 N–H and O–H groups in total. The van der Waals surface area contributed by atoms with E-state index in [4.69, 9.17) is 4.74 Å². The number of ether oxygens (including phenoxy) is 1. The molecule has 1 nitrogen and oxygen atoms in total. The fourth-order valence-electron chi connectivity index (χ4n) is 1.45. The van der Waals surface area contributed by atoms with Gasteiger partial charge in [0.25, 0.3) is 0 Å². The second-order valence-electron chi connectivity index (χ2n) is 3.56. The summed E-state index contributed by atoms with van der Waals surface area (Å²) in [6.45, 7) is 6.15. The van der Waals surface area contributed by atoms with E-state index in [0.29, 0.717) is 0 Å². The van der Waals surface area contributed by atoms with Crippen LogP contribution in [0.25, 0.3) is 0 Å². The van der Waals surface area contributed by atoms with Crippen molar-refractivity contribution in [2.45, 2.75) is 33.6 Å². The summed E-state index contributed by atoms with van der Waals surface area (Å²) in [5.41, 5.74) is 1.42. The Morgan fingerprint density at radius 1 is 0.938 bits per heavy atom. The Hall–Kier alpha value is -1.50. The van der Waals surface area contributed by atoms with Crippen LogP contribution in [0, 0.1) is 0 Å². The number of hydrogen-bond donors (Lipinski definition) is 0. The van der Waals surface area contributed by atoms with Gasteiger partial charge in [-0.15, -0.1) is 0 Å². The van der Waals surface area contributed by atoms with Gasteiger partial charge in [0.1, 0.15) is 11.5 Å². The molecule has 86 valence electrons. The minimum atomic E-state index is 0.923. The summed E-state index contributed by atoms with van der Waals surface area (Å²) in [5, 5.41) is 0. The molecule has 2 rings (SSSR count). The summed E-state index contributed by atoms with van der Waals surface area (Å²) in [5.74, 6) is 1.98. The van der Waals surface area contributed by atoms with E-state index in [1.165, 1.54) is 5.57 Å². The van der Waals surface area contributed by atoms with E-state index in [-0.39, 0.29) is 0 Å². The zero-order chi connectivity index (χ0) is 11.8. The van der Waals surface area contributed by atoms with Gasteiger partial charge in [-0.2, -0.15) is 0 Å². The molecule has 0 bridgehead atoms. The molecule has 1 aromatic carbocycles. The molecule has 0 atom stereocenters. The summed E-state index contributed by atoms with van der Waals surface area (Å²) in [6.07, 6.45) is 6.31. The molecule has 1 aromatic rings. The Labute approximate surface area is 98.5 Å². The third kappa shape index (κ3) is 3.93. The van der Waals surface area contributed by atoms with E-state index in [0.717, 1.165) is 24.4 Å². The second-order valence-corrected chi connectivity index (χ2v) is 3.56. The number of rotatable bonds is 2. The molecule has 0 unspecified atom stereocenters. The molecule has 1 aliphatic rings. The zero-order valence-electron chi connectivity index (χ0n) is 10.4. The number of benzene rings is 1. The van der Waals surface area contributed by atoms with Crippen molar-refractivity contribution in [3.63, 3.8) is 0 Å². The molecule has 0 saturated carbocycles. The molecule has 0 fully saturated rings. The molecule has 1 aliphatic carbocycles. The van der Waals surface area contributed by atoms with Crippen molar-refractivity contribution in [2.24, 2.45) is 0 Å². The van der Waals surface area contributed by atoms with E-state index < -0.39 is 0 Å². The van der Waals surface area contributed by atoms with Crippen molar-refractivity contribution in [1.29, 1.82) is 0 Å². The van der Waals surface area contributed by atoms with Crippen LogP contribution in [-0.4, -0.2) is 0 Å². The molecule has 0 heterocycles. The fraction of sp³-hybridized carbons (Fsp3) is 0.333. The molecule has 1 heteroatoms. The SMILES string of the molecule is CC.CC1=CC=C(Oc2ccccc2)CC1. The van der Waals surface area contributed by atoms with Crippen LogP contribution in [0.2, 0.25) is 0 Å². The average molecular weight is 216 g/mol. The first-order chi connectivity index (χ1) is 7.84. The summed E-state index contributed by atoms with van der Waals surface area (Å²) < 4.78 is 5.72. The van der Waals surface area contributed by atoms with Crippen molar-refractivity contribution in [2.75, 3.05) is 0 Å². The molecular weight excluding hydrogens is 196 g/mol. The molecule has 0 spiro atoms. The average Bonchev–Trinajstić information content (AvgIpc) is 2.36. The number of para-hydroxylation sites is 1. The Morgan fingerprint density at radius 3 is 2.19 bits per heavy atom. The van der Waals surface area contributed by atoms with Crippen LogP contribution in [-0.2, 0) is 0 Å². The van der Waals surface area contributed by atoms with Crippen LogP contribution in [0.15, 0.2) is 53.8 Å². The van der Waals surface area contributed by atoms with Crippen LogP contribution in [0.5, 0.6) is 5.75 Å². The second kappa shape index (κ2) is 6.89. The lowest BCUT2D eigenvalue weighted by molar-refractivity contribution is 0.401. The van der Waals surface area contributed by atoms with E-state index in [2.05, 4.69) is 19.1 Å². The highest BCUT2D eigenvalue weighted by molar-refractivity contribution is 5.26. The van der Waals surface area contributed by atoms with E-state index >= 15 is 0 Å². The van der Waals surface area contributed by atoms with E-state index in [9.17, 15) is 0 Å². The summed E-state index contributed by atoms with van der Waals surface area (Å²) in [6, 6.07) is 9.92. The Morgan fingerprint density at radius 2 is 1.62 bits per heavy atom. The predicted molar refractivity (Wildman–Crippen MR) is 69.5 cm³/mol. The van der Waals surface area contributed by atoms with Crippen LogP contribution < -0.4 is 4.74 Å². The van der Waals surface area contributed by atoms with Gasteiger partial charge in [-0.1, -0.05) is 43.7 Å². The first-order valence-corrected chi connectivity index (χ1v) is 5.94. The minimum absolute atomic E-state index is 0.923. The van der Waals surface area contributed by atoms with Gasteiger partial charge in [0, 0.05) is 6.42 Å². The lowest BCUT2D eigenvalue weighted by Gasteiger charge is -2.13. The van der Waals surface area contributed by atoms with Crippen LogP contribution in [0.1, 0.15) is 33.6 Å². The topological polar surface area (TPSA) is 9.23 Å². The van der Waals surface area contributed by atoms with Gasteiger partial charge in [0.15, 0.2) is 0 Å². The maximum Gasteiger partial charge on any atom is 0.126 e. The Bertz CT molecular complexity index is 360. The van der Waals surface area contributed by atoms with Crippen molar-refractivity contribution >= 4 is 0 Å². The van der Waals surface area contributed by atoms with Gasteiger partial charge in [0.2, 0.25) is 0 Å². The summed E-state index contributed by atoms with van der Waals surface area (Å²) in [7, 11) is 0. The highest BCUT2D eigenvalue weighted by atomic mass is 16.5. The summed E-state index contributed by atoms with van der Waals surface area (Å²) in [4.78, 5) is 0. The lowest BCUT2D eigenvalue weighted by Crippen LogP contribution is -1.98. The highest BCUT2D eigenvalue weighted by Gasteiger charge is 2.04. The quantitative estimate of drug-likeness (QED) is 0.695. The normalized spacial score (nSPS) is 14.2. The third-order valence-corrected chi connectivity index (χ3v) is 2.31. The van der Waals surface area contributed by atoms with Gasteiger partial charge in [0.05, 0.1) is 0 Å². The first kappa shape index (κ1) is 12.6. The van der Waals surface area contributed by atoms with E-state index in [1.807, 2.05) is 44.2 Å². The maximum absolute atomic E-state index is 5.72. The minimum Gasteiger partial charge on any atom is -0.462 e. The fourth-order valence-corrected chi connectivity index (χ4v) is 1.45. The van der Waals surface area contributed by atoms with Crippen LogP contribution in [0.3, 0.4) is 0 Å².